The van der Waals surface area contributed by atoms with Gasteiger partial charge in [-0.15, -0.1) is 0 Å². The van der Waals surface area contributed by atoms with Gasteiger partial charge in [-0.05, 0) is 23.8 Å². The maximum Gasteiger partial charge on any atom is 0.338 e. The van der Waals surface area contributed by atoms with Crippen LogP contribution in [0.4, 0.5) is 5.82 Å². The number of esters is 1. The van der Waals surface area contributed by atoms with E-state index in [-0.39, 0.29) is 29.4 Å². The van der Waals surface area contributed by atoms with Gasteiger partial charge < -0.3 is 25.7 Å². The smallest absolute Gasteiger partial charge is 0.338 e. The number of primary amides is 1. The molecule has 0 saturated carbocycles. The molecule has 0 aliphatic heterocycles. The van der Waals surface area contributed by atoms with Crippen molar-refractivity contribution >= 4 is 23.5 Å². The Hall–Kier alpha value is -4.87. The maximum atomic E-state index is 12.8. The summed E-state index contributed by atoms with van der Waals surface area (Å²) >= 11 is 0. The normalized spacial score (nSPS) is 10.5. The van der Waals surface area contributed by atoms with E-state index in [1.807, 2.05) is 0 Å². The van der Waals surface area contributed by atoms with E-state index in [1.54, 1.807) is 30.3 Å². The summed E-state index contributed by atoms with van der Waals surface area (Å²) < 4.78 is 17.3. The standard InChI is InChI=1S/C24H24N4O8/c1-27-22(31)20(21(26)28(24(27)33)11-14-6-4-3-5-7-14)16(29)12-36-23(32)15-8-9-17(18(10-15)34-2)35-13-19(25)30/h3-10H,11-13,26H2,1-2H3,(H2,25,30). The van der Waals surface area contributed by atoms with Crippen LogP contribution in [-0.2, 0) is 23.1 Å². The number of Topliss-reactive ketones (excluding diaryl/α,β-unsaturated/α-hetero) is 1. The molecule has 0 fully saturated rings. The summed E-state index contributed by atoms with van der Waals surface area (Å²) in [5.41, 5.74) is 9.78. The Labute approximate surface area is 204 Å². The van der Waals surface area contributed by atoms with Gasteiger partial charge in [-0.1, -0.05) is 30.3 Å². The highest BCUT2D eigenvalue weighted by atomic mass is 16.5. The van der Waals surface area contributed by atoms with Crippen molar-refractivity contribution in [3.63, 3.8) is 0 Å². The number of carbonyl (C=O) groups is 3. The van der Waals surface area contributed by atoms with Crippen LogP contribution in [0.3, 0.4) is 0 Å². The quantitative estimate of drug-likeness (QED) is 0.291. The van der Waals surface area contributed by atoms with Gasteiger partial charge in [-0.25, -0.2) is 9.59 Å². The van der Waals surface area contributed by atoms with Crippen LogP contribution in [0.2, 0.25) is 0 Å². The highest BCUT2D eigenvalue weighted by Gasteiger charge is 2.23. The molecule has 12 nitrogen and oxygen atoms in total. The third-order valence-corrected chi connectivity index (χ3v) is 5.15. The number of hydrogen-bond acceptors (Lipinski definition) is 9. The zero-order chi connectivity index (χ0) is 26.4. The molecule has 0 aliphatic carbocycles. The molecule has 188 valence electrons. The molecule has 0 spiro atoms. The van der Waals surface area contributed by atoms with Gasteiger partial charge in [0.15, 0.2) is 24.7 Å². The fourth-order valence-electron chi connectivity index (χ4n) is 3.31. The first-order valence-corrected chi connectivity index (χ1v) is 10.6. The van der Waals surface area contributed by atoms with Gasteiger partial charge >= 0.3 is 11.7 Å². The lowest BCUT2D eigenvalue weighted by molar-refractivity contribution is -0.119. The second kappa shape index (κ2) is 11.0. The second-order valence-corrected chi connectivity index (χ2v) is 7.60. The molecular weight excluding hydrogens is 472 g/mol. The average molecular weight is 496 g/mol. The number of benzene rings is 2. The summed E-state index contributed by atoms with van der Waals surface area (Å²) in [5.74, 6) is -2.50. The van der Waals surface area contributed by atoms with Crippen LogP contribution in [0.25, 0.3) is 0 Å². The third-order valence-electron chi connectivity index (χ3n) is 5.15. The Morgan fingerprint density at radius 1 is 0.972 bits per heavy atom. The van der Waals surface area contributed by atoms with Gasteiger partial charge in [0.2, 0.25) is 5.78 Å². The number of rotatable bonds is 10. The number of aromatic nitrogens is 2. The first kappa shape index (κ1) is 25.7. The van der Waals surface area contributed by atoms with E-state index >= 15 is 0 Å². The van der Waals surface area contributed by atoms with Gasteiger partial charge in [0.05, 0.1) is 19.2 Å². The maximum absolute atomic E-state index is 12.8. The molecule has 0 bridgehead atoms. The van der Waals surface area contributed by atoms with Crippen molar-refractivity contribution in [2.24, 2.45) is 12.8 Å². The van der Waals surface area contributed by atoms with Crippen molar-refractivity contribution in [2.75, 3.05) is 26.1 Å². The predicted octanol–water partition coefficient (Wildman–Crippen LogP) is 0.0899. The zero-order valence-electron chi connectivity index (χ0n) is 19.6. The number of ether oxygens (including phenoxy) is 3. The molecule has 3 rings (SSSR count). The number of nitrogens with zero attached hydrogens (tertiary/aromatic N) is 2. The number of ketones is 1. The van der Waals surface area contributed by atoms with Crippen molar-refractivity contribution < 1.29 is 28.6 Å². The highest BCUT2D eigenvalue weighted by Crippen LogP contribution is 2.28. The summed E-state index contributed by atoms with van der Waals surface area (Å²) in [6.45, 7) is -1.16. The van der Waals surface area contributed by atoms with E-state index in [0.717, 1.165) is 14.7 Å². The highest BCUT2D eigenvalue weighted by molar-refractivity contribution is 6.02. The van der Waals surface area contributed by atoms with Crippen LogP contribution in [0.1, 0.15) is 26.3 Å². The first-order valence-electron chi connectivity index (χ1n) is 10.6. The number of carbonyl (C=O) groups excluding carboxylic acids is 3. The molecule has 0 aliphatic rings. The van der Waals surface area contributed by atoms with Crippen molar-refractivity contribution in [1.82, 2.24) is 9.13 Å². The van der Waals surface area contributed by atoms with Gasteiger partial charge in [0, 0.05) is 7.05 Å². The topological polar surface area (TPSA) is 175 Å². The molecule has 0 unspecified atom stereocenters. The summed E-state index contributed by atoms with van der Waals surface area (Å²) in [7, 11) is 2.55. The molecule has 1 heterocycles. The molecule has 0 atom stereocenters. The van der Waals surface area contributed by atoms with E-state index in [4.69, 9.17) is 25.7 Å². The van der Waals surface area contributed by atoms with Crippen LogP contribution in [0, 0.1) is 0 Å². The molecule has 0 radical (unpaired) electrons. The monoisotopic (exact) mass is 496 g/mol. The number of methoxy groups -OCH3 is 1. The lowest BCUT2D eigenvalue weighted by atomic mass is 10.1. The van der Waals surface area contributed by atoms with Crippen LogP contribution < -0.4 is 32.2 Å². The largest absolute Gasteiger partial charge is 0.493 e. The van der Waals surface area contributed by atoms with Gasteiger partial charge in [0.25, 0.3) is 11.5 Å². The fraction of sp³-hybridized carbons (Fsp3) is 0.208. The minimum Gasteiger partial charge on any atom is -0.493 e. The molecule has 3 aromatic rings. The minimum absolute atomic E-state index is 0.0148. The molecule has 1 aromatic heterocycles. The Bertz CT molecular complexity index is 1430. The van der Waals surface area contributed by atoms with Gasteiger partial charge in [0.1, 0.15) is 11.4 Å². The Balaban J connectivity index is 1.81. The molecule has 1 amide bonds. The van der Waals surface area contributed by atoms with E-state index < -0.39 is 47.7 Å². The number of nitrogen functional groups attached to an aromatic ring is 1. The molecule has 4 N–H and O–H groups in total. The molecule has 12 heteroatoms. The van der Waals surface area contributed by atoms with Crippen molar-refractivity contribution in [1.29, 1.82) is 0 Å². The lowest BCUT2D eigenvalue weighted by Crippen LogP contribution is -2.43. The van der Waals surface area contributed by atoms with Crippen molar-refractivity contribution in [3.05, 3.63) is 86.1 Å². The van der Waals surface area contributed by atoms with Crippen molar-refractivity contribution in [3.8, 4) is 11.5 Å². The van der Waals surface area contributed by atoms with Crippen LogP contribution >= 0.6 is 0 Å². The SMILES string of the molecule is COc1cc(C(=O)OCC(=O)c2c(N)n(Cc3ccccc3)c(=O)n(C)c2=O)ccc1OCC(N)=O. The second-order valence-electron chi connectivity index (χ2n) is 7.60. The molecular formula is C24H24N4O8. The van der Waals surface area contributed by atoms with Gasteiger partial charge in [-0.2, -0.15) is 0 Å². The van der Waals surface area contributed by atoms with E-state index in [0.29, 0.717) is 0 Å². The predicted molar refractivity (Wildman–Crippen MR) is 128 cm³/mol. The van der Waals surface area contributed by atoms with E-state index in [9.17, 15) is 24.0 Å². The Morgan fingerprint density at radius 2 is 1.67 bits per heavy atom. The zero-order valence-corrected chi connectivity index (χ0v) is 19.6. The molecule has 2 aromatic carbocycles. The lowest BCUT2D eigenvalue weighted by Gasteiger charge is -2.15. The van der Waals surface area contributed by atoms with Crippen molar-refractivity contribution in [2.45, 2.75) is 6.54 Å². The van der Waals surface area contributed by atoms with Crippen LogP contribution in [-0.4, -0.2) is 47.1 Å². The Kier molecular flexibility index (Phi) is 7.89. The average Bonchev–Trinajstić information content (AvgIpc) is 2.87. The van der Waals surface area contributed by atoms with E-state index in [2.05, 4.69) is 0 Å². The molecule has 0 saturated heterocycles. The van der Waals surface area contributed by atoms with Crippen LogP contribution in [0.5, 0.6) is 11.5 Å². The summed E-state index contributed by atoms with van der Waals surface area (Å²) in [6.07, 6.45) is 0. The number of anilines is 1. The van der Waals surface area contributed by atoms with Gasteiger partial charge in [-0.3, -0.25) is 23.5 Å². The number of amides is 1. The van der Waals surface area contributed by atoms with E-state index in [1.165, 1.54) is 32.4 Å². The Morgan fingerprint density at radius 3 is 2.31 bits per heavy atom. The molecule has 36 heavy (non-hydrogen) atoms. The van der Waals surface area contributed by atoms with Crippen LogP contribution in [0.15, 0.2) is 58.1 Å². The fourth-order valence-corrected chi connectivity index (χ4v) is 3.31. The number of nitrogens with two attached hydrogens (primary N) is 2. The third kappa shape index (κ3) is 5.60. The minimum atomic E-state index is -0.902. The summed E-state index contributed by atoms with van der Waals surface area (Å²) in [5, 5.41) is 0. The summed E-state index contributed by atoms with van der Waals surface area (Å²) in [4.78, 5) is 61.5. The first-order chi connectivity index (χ1) is 17.1. The number of hydrogen-bond donors (Lipinski definition) is 2. The summed E-state index contributed by atoms with van der Waals surface area (Å²) in [6, 6.07) is 12.9.